The van der Waals surface area contributed by atoms with Gasteiger partial charge in [-0.1, -0.05) is 84.9 Å². The lowest BCUT2D eigenvalue weighted by molar-refractivity contribution is 0.913. The smallest absolute Gasteiger partial charge is 0.117 e. The van der Waals surface area contributed by atoms with Crippen LogP contribution in [0.4, 0.5) is 0 Å². The van der Waals surface area contributed by atoms with E-state index in [0.29, 0.717) is 0 Å². The van der Waals surface area contributed by atoms with E-state index in [0.717, 1.165) is 35.9 Å². The van der Waals surface area contributed by atoms with Gasteiger partial charge in [-0.3, -0.25) is 0 Å². The summed E-state index contributed by atoms with van der Waals surface area (Å²) in [4.78, 5) is 9.18. The van der Waals surface area contributed by atoms with Crippen LogP contribution in [0.1, 0.15) is 22.8 Å². The highest BCUT2D eigenvalue weighted by Crippen LogP contribution is 2.24. The van der Waals surface area contributed by atoms with Gasteiger partial charge in [0.15, 0.2) is 0 Å². The van der Waals surface area contributed by atoms with Gasteiger partial charge in [0.1, 0.15) is 11.6 Å². The third kappa shape index (κ3) is 4.62. The van der Waals surface area contributed by atoms with Crippen LogP contribution >= 0.6 is 0 Å². The summed E-state index contributed by atoms with van der Waals surface area (Å²) >= 11 is 0. The van der Waals surface area contributed by atoms with Gasteiger partial charge in [-0.2, -0.15) is 0 Å². The molecule has 0 unspecified atom stereocenters. The van der Waals surface area contributed by atoms with Crippen molar-refractivity contribution in [2.45, 2.75) is 12.8 Å². The van der Waals surface area contributed by atoms with Gasteiger partial charge in [-0.15, -0.1) is 0 Å². The number of nitrogens with zero attached hydrogens (tertiary/aromatic N) is 4. The number of hydrogen-bond donors (Lipinski definition) is 0. The maximum atomic E-state index is 4.59. The van der Waals surface area contributed by atoms with Gasteiger partial charge in [0.25, 0.3) is 0 Å². The van der Waals surface area contributed by atoms with Gasteiger partial charge in [0.05, 0.1) is 0 Å². The standard InChI is InChI=1S/C32H26N4/c1-3-7-25(8-4-1)23-31-33-19-21-35(31)29-15-11-27(12-16-29)28-13-17-30(18-14-28)36-22-20-34-32(36)24-26-9-5-2-6-10-26/h1-22H,23-24H2. The van der Waals surface area contributed by atoms with Crippen molar-refractivity contribution in [1.29, 1.82) is 0 Å². The number of benzene rings is 4. The maximum absolute atomic E-state index is 4.59. The highest BCUT2D eigenvalue weighted by atomic mass is 15.1. The van der Waals surface area contributed by atoms with E-state index in [1.165, 1.54) is 22.3 Å². The summed E-state index contributed by atoms with van der Waals surface area (Å²) in [5, 5.41) is 0. The largest absolute Gasteiger partial charge is 0.303 e. The van der Waals surface area contributed by atoms with E-state index in [4.69, 9.17) is 0 Å². The third-order valence-corrected chi connectivity index (χ3v) is 6.47. The summed E-state index contributed by atoms with van der Waals surface area (Å²) in [6, 6.07) is 38.3. The molecule has 0 aliphatic carbocycles. The zero-order valence-corrected chi connectivity index (χ0v) is 19.9. The monoisotopic (exact) mass is 466 g/mol. The molecular formula is C32H26N4. The van der Waals surface area contributed by atoms with Crippen molar-refractivity contribution in [2.24, 2.45) is 0 Å². The van der Waals surface area contributed by atoms with Crippen LogP contribution in [0.25, 0.3) is 22.5 Å². The third-order valence-electron chi connectivity index (χ3n) is 6.47. The Balaban J connectivity index is 1.20. The lowest BCUT2D eigenvalue weighted by atomic mass is 10.0. The summed E-state index contributed by atoms with van der Waals surface area (Å²) in [7, 11) is 0. The summed E-state index contributed by atoms with van der Waals surface area (Å²) in [6.45, 7) is 0. The molecule has 0 spiro atoms. The van der Waals surface area contributed by atoms with E-state index in [-0.39, 0.29) is 0 Å². The molecule has 0 fully saturated rings. The van der Waals surface area contributed by atoms with E-state index in [1.807, 2.05) is 36.9 Å². The second-order valence-corrected chi connectivity index (χ2v) is 8.85. The van der Waals surface area contributed by atoms with Crippen LogP contribution in [0.5, 0.6) is 0 Å². The first-order valence-corrected chi connectivity index (χ1v) is 12.2. The summed E-state index contributed by atoms with van der Waals surface area (Å²) in [5.41, 5.74) is 7.11. The molecule has 2 aromatic heterocycles. The quantitative estimate of drug-likeness (QED) is 0.256. The summed E-state index contributed by atoms with van der Waals surface area (Å²) in [5.74, 6) is 2.06. The van der Waals surface area contributed by atoms with Crippen LogP contribution < -0.4 is 0 Å². The molecule has 2 heterocycles. The first-order chi connectivity index (χ1) is 17.8. The van der Waals surface area contributed by atoms with Gasteiger partial charge in [0.2, 0.25) is 0 Å². The lowest BCUT2D eigenvalue weighted by Gasteiger charge is -2.11. The van der Waals surface area contributed by atoms with Crippen molar-refractivity contribution in [1.82, 2.24) is 19.1 Å². The van der Waals surface area contributed by atoms with Crippen molar-refractivity contribution in [2.75, 3.05) is 0 Å². The second kappa shape index (κ2) is 9.88. The Morgan fingerprint density at radius 2 is 0.833 bits per heavy atom. The van der Waals surface area contributed by atoms with Crippen molar-refractivity contribution in [3.05, 3.63) is 157 Å². The fourth-order valence-corrected chi connectivity index (χ4v) is 4.59. The molecule has 0 amide bonds. The first kappa shape index (κ1) is 21.8. The molecule has 6 aromatic rings. The van der Waals surface area contributed by atoms with E-state index in [9.17, 15) is 0 Å². The second-order valence-electron chi connectivity index (χ2n) is 8.85. The Kier molecular flexibility index (Phi) is 5.99. The highest BCUT2D eigenvalue weighted by Gasteiger charge is 2.09. The Labute approximate surface area is 211 Å². The van der Waals surface area contributed by atoms with Crippen molar-refractivity contribution < 1.29 is 0 Å². The molecule has 0 atom stereocenters. The van der Waals surface area contributed by atoms with Gasteiger partial charge in [0, 0.05) is 49.0 Å². The lowest BCUT2D eigenvalue weighted by Crippen LogP contribution is -2.02. The molecular weight excluding hydrogens is 440 g/mol. The van der Waals surface area contributed by atoms with Crippen molar-refractivity contribution >= 4 is 0 Å². The van der Waals surface area contributed by atoms with Gasteiger partial charge >= 0.3 is 0 Å². The van der Waals surface area contributed by atoms with Gasteiger partial charge in [-0.25, -0.2) is 9.97 Å². The predicted molar refractivity (Wildman–Crippen MR) is 145 cm³/mol. The zero-order chi connectivity index (χ0) is 24.2. The predicted octanol–water partition coefficient (Wildman–Crippen LogP) is 6.91. The molecule has 0 saturated heterocycles. The average molecular weight is 467 g/mol. The molecule has 36 heavy (non-hydrogen) atoms. The normalized spacial score (nSPS) is 11.0. The SMILES string of the molecule is c1ccc(Cc2nccn2-c2ccc(-c3ccc(-n4ccnc4Cc4ccccc4)cc3)cc2)cc1. The molecule has 0 N–H and O–H groups in total. The minimum atomic E-state index is 0.803. The van der Waals surface area contributed by atoms with Crippen molar-refractivity contribution in [3.63, 3.8) is 0 Å². The van der Waals surface area contributed by atoms with Crippen molar-refractivity contribution in [3.8, 4) is 22.5 Å². The Morgan fingerprint density at radius 1 is 0.444 bits per heavy atom. The van der Waals surface area contributed by atoms with Crippen LogP contribution in [-0.2, 0) is 12.8 Å². The Morgan fingerprint density at radius 3 is 1.22 bits per heavy atom. The summed E-state index contributed by atoms with van der Waals surface area (Å²) < 4.78 is 4.32. The van der Waals surface area contributed by atoms with E-state index in [2.05, 4.69) is 116 Å². The molecule has 0 bridgehead atoms. The fraction of sp³-hybridized carbons (Fsp3) is 0.0625. The average Bonchev–Trinajstić information content (AvgIpc) is 3.60. The number of aromatic nitrogens is 4. The molecule has 4 nitrogen and oxygen atoms in total. The topological polar surface area (TPSA) is 35.6 Å². The molecule has 0 radical (unpaired) electrons. The zero-order valence-electron chi connectivity index (χ0n) is 19.9. The van der Waals surface area contributed by atoms with Gasteiger partial charge < -0.3 is 9.13 Å². The van der Waals surface area contributed by atoms with E-state index < -0.39 is 0 Å². The molecule has 0 aliphatic heterocycles. The minimum Gasteiger partial charge on any atom is -0.303 e. The van der Waals surface area contributed by atoms with E-state index in [1.54, 1.807) is 0 Å². The maximum Gasteiger partial charge on any atom is 0.117 e. The van der Waals surface area contributed by atoms with Crippen LogP contribution in [0.2, 0.25) is 0 Å². The number of imidazole rings is 2. The van der Waals surface area contributed by atoms with E-state index >= 15 is 0 Å². The van der Waals surface area contributed by atoms with Crippen LogP contribution in [0, 0.1) is 0 Å². The highest BCUT2D eigenvalue weighted by molar-refractivity contribution is 5.66. The van der Waals surface area contributed by atoms with Crippen LogP contribution in [0.15, 0.2) is 134 Å². The number of rotatable bonds is 7. The molecule has 0 saturated carbocycles. The molecule has 4 aromatic carbocycles. The molecule has 4 heteroatoms. The Bertz CT molecular complexity index is 1420. The first-order valence-electron chi connectivity index (χ1n) is 12.2. The molecule has 174 valence electrons. The molecule has 0 aliphatic rings. The fourth-order valence-electron chi connectivity index (χ4n) is 4.59. The summed E-state index contributed by atoms with van der Waals surface area (Å²) in [6.07, 6.45) is 9.40. The van der Waals surface area contributed by atoms with Crippen LogP contribution in [0.3, 0.4) is 0 Å². The molecule has 6 rings (SSSR count). The number of hydrogen-bond acceptors (Lipinski definition) is 2. The minimum absolute atomic E-state index is 0.803. The van der Waals surface area contributed by atoms with Gasteiger partial charge in [-0.05, 0) is 46.5 Å². The van der Waals surface area contributed by atoms with Crippen LogP contribution in [-0.4, -0.2) is 19.1 Å². The Hall–Kier alpha value is -4.70.